The number of β-lactam (4-membered cyclic amide) rings is 1. The number of tetrazole rings is 1. The number of nitrogen functional groups attached to an aromatic ring is 1. The van der Waals surface area contributed by atoms with E-state index in [1.807, 2.05) is 6.07 Å². The van der Waals surface area contributed by atoms with E-state index in [1.165, 1.54) is 41.2 Å². The minimum atomic E-state index is -1.46. The molecule has 6 rings (SSSR count). The van der Waals surface area contributed by atoms with Gasteiger partial charge in [0.25, 0.3) is 11.8 Å². The fourth-order valence-electron chi connectivity index (χ4n) is 5.59. The molecule has 2 fully saturated rings. The van der Waals surface area contributed by atoms with E-state index in [2.05, 4.69) is 65.0 Å². The summed E-state index contributed by atoms with van der Waals surface area (Å²) in [6.07, 6.45) is 0.858. The maximum absolute atomic E-state index is 13.2. The van der Waals surface area contributed by atoms with Gasteiger partial charge < -0.3 is 30.7 Å². The van der Waals surface area contributed by atoms with Crippen molar-refractivity contribution in [1.29, 1.82) is 0 Å². The molecule has 2 aromatic heterocycles. The molecule has 1 aromatic carbocycles. The van der Waals surface area contributed by atoms with Gasteiger partial charge in [-0.15, -0.1) is 28.2 Å². The molecule has 20 heteroatoms. The van der Waals surface area contributed by atoms with Gasteiger partial charge in [-0.2, -0.15) is 0 Å². The van der Waals surface area contributed by atoms with Crippen LogP contribution < -0.4 is 50.6 Å². The van der Waals surface area contributed by atoms with Gasteiger partial charge in [0.05, 0.1) is 11.7 Å². The van der Waals surface area contributed by atoms with E-state index in [0.29, 0.717) is 23.0 Å². The number of aryl methyl sites for hydroxylation is 1. The molecule has 3 N–H and O–H groups in total. The SMILES string of the molecule is CON=C(C(=O)NC1C(=O)N2C(C(=O)[O-])=C(CSc3nnnn3CCCN3CCN(c4ccccc4)CC3)CS[C@H]12)c1csc(N)n1.[Na+]. The number of hydrogen-bond acceptors (Lipinski definition) is 16. The second kappa shape index (κ2) is 16.5. The number of carboxylic acids is 1. The van der Waals surface area contributed by atoms with Gasteiger partial charge in [0.15, 0.2) is 10.8 Å². The molecule has 3 aliphatic rings. The third kappa shape index (κ3) is 7.98. The Morgan fingerprint density at radius 1 is 1.19 bits per heavy atom. The molecule has 16 nitrogen and oxygen atoms in total. The van der Waals surface area contributed by atoms with Crippen LogP contribution in [0.3, 0.4) is 0 Å². The summed E-state index contributed by atoms with van der Waals surface area (Å²) in [5.41, 5.74) is 7.30. The number of hydrogen-bond donors (Lipinski definition) is 2. The first-order valence-electron chi connectivity index (χ1n) is 14.8. The fraction of sp³-hybridized carbons (Fsp3) is 0.429. The number of aromatic nitrogens is 5. The van der Waals surface area contributed by atoms with Gasteiger partial charge in [-0.3, -0.25) is 19.4 Å². The van der Waals surface area contributed by atoms with Gasteiger partial charge in [-0.25, -0.2) is 9.67 Å². The number of carbonyl (C=O) groups excluding carboxylic acids is 3. The predicted octanol–water partition coefficient (Wildman–Crippen LogP) is -3.53. The second-order valence-corrected chi connectivity index (χ2v) is 13.7. The Kier molecular flexibility index (Phi) is 12.4. The van der Waals surface area contributed by atoms with Gasteiger partial charge in [0, 0.05) is 61.8 Å². The molecule has 248 valence electrons. The third-order valence-corrected chi connectivity index (χ3v) is 11.0. The molecule has 2 saturated heterocycles. The second-order valence-electron chi connectivity index (χ2n) is 10.8. The zero-order chi connectivity index (χ0) is 32.9. The van der Waals surface area contributed by atoms with Crippen molar-refractivity contribution in [3.8, 4) is 0 Å². The monoisotopic (exact) mass is 721 g/mol. The summed E-state index contributed by atoms with van der Waals surface area (Å²) in [7, 11) is 1.28. The first kappa shape index (κ1) is 36.1. The molecule has 3 aromatic rings. The number of thioether (sulfide) groups is 2. The van der Waals surface area contributed by atoms with Gasteiger partial charge in [-0.05, 0) is 34.6 Å². The van der Waals surface area contributed by atoms with Crippen LogP contribution in [0.2, 0.25) is 0 Å². The molecule has 1 unspecified atom stereocenters. The minimum Gasteiger partial charge on any atom is -0.543 e. The number of anilines is 2. The summed E-state index contributed by atoms with van der Waals surface area (Å²) in [4.78, 5) is 53.2. The number of rotatable bonds is 13. The minimum absolute atomic E-state index is 0. The summed E-state index contributed by atoms with van der Waals surface area (Å²) in [6, 6.07) is 9.45. The van der Waals surface area contributed by atoms with E-state index in [1.54, 1.807) is 10.1 Å². The number of aliphatic carboxylic acids is 1. The molecule has 5 heterocycles. The van der Waals surface area contributed by atoms with Gasteiger partial charge in [0.1, 0.15) is 24.2 Å². The van der Waals surface area contributed by atoms with Crippen LogP contribution in [0.25, 0.3) is 0 Å². The topological polar surface area (TPSA) is 200 Å². The van der Waals surface area contributed by atoms with Crippen molar-refractivity contribution in [2.24, 2.45) is 5.16 Å². The number of amides is 2. The first-order chi connectivity index (χ1) is 22.8. The largest absolute Gasteiger partial charge is 1.00 e. The molecular formula is C28H32N11NaO5S3. The fourth-order valence-corrected chi connectivity index (χ4v) is 8.53. The predicted molar refractivity (Wildman–Crippen MR) is 175 cm³/mol. The average Bonchev–Trinajstić information content (AvgIpc) is 3.73. The molecule has 3 aliphatic heterocycles. The Balaban J connectivity index is 0.00000451. The van der Waals surface area contributed by atoms with Crippen molar-refractivity contribution < 1.29 is 53.9 Å². The summed E-state index contributed by atoms with van der Waals surface area (Å²) in [5, 5.41) is 32.4. The third-order valence-electron chi connectivity index (χ3n) is 7.90. The normalized spacial score (nSPS) is 19.8. The Labute approximate surface area is 310 Å². The maximum atomic E-state index is 13.2. The van der Waals surface area contributed by atoms with Crippen LogP contribution >= 0.6 is 34.9 Å². The van der Waals surface area contributed by atoms with E-state index in [0.717, 1.165) is 50.5 Å². The smallest absolute Gasteiger partial charge is 0.543 e. The van der Waals surface area contributed by atoms with Crippen molar-refractivity contribution in [3.63, 3.8) is 0 Å². The van der Waals surface area contributed by atoms with Gasteiger partial charge >= 0.3 is 29.6 Å². The number of fused-ring (bicyclic) bond motifs is 1. The van der Waals surface area contributed by atoms with Crippen LogP contribution in [-0.4, -0.2) is 121 Å². The number of piperazine rings is 1. The Morgan fingerprint density at radius 3 is 2.65 bits per heavy atom. The number of carbonyl (C=O) groups is 3. The Bertz CT molecular complexity index is 1680. The number of carboxylic acid groups (broad SMARTS) is 1. The maximum Gasteiger partial charge on any atom is 1.00 e. The molecule has 0 radical (unpaired) electrons. The van der Waals surface area contributed by atoms with Crippen LogP contribution in [0.5, 0.6) is 0 Å². The van der Waals surface area contributed by atoms with Crippen molar-refractivity contribution in [2.75, 3.05) is 62.0 Å². The summed E-state index contributed by atoms with van der Waals surface area (Å²) >= 11 is 3.78. The summed E-state index contributed by atoms with van der Waals surface area (Å²) < 4.78 is 1.72. The van der Waals surface area contributed by atoms with Gasteiger partial charge in [0.2, 0.25) is 5.16 Å². The van der Waals surface area contributed by atoms with Crippen molar-refractivity contribution >= 4 is 69.2 Å². The number of thiazole rings is 1. The molecule has 0 bridgehead atoms. The van der Waals surface area contributed by atoms with E-state index < -0.39 is 29.2 Å². The zero-order valence-electron chi connectivity index (χ0n) is 26.4. The van der Waals surface area contributed by atoms with Crippen molar-refractivity contribution in [2.45, 2.75) is 29.5 Å². The molecule has 0 saturated carbocycles. The molecule has 48 heavy (non-hydrogen) atoms. The number of benzene rings is 1. The van der Waals surface area contributed by atoms with E-state index >= 15 is 0 Å². The molecule has 2 atom stereocenters. The van der Waals surface area contributed by atoms with Crippen LogP contribution in [-0.2, 0) is 25.8 Å². The average molecular weight is 722 g/mol. The number of nitrogens with one attached hydrogen (secondary N) is 1. The zero-order valence-corrected chi connectivity index (χ0v) is 30.8. The van der Waals surface area contributed by atoms with E-state index in [9.17, 15) is 19.5 Å². The van der Waals surface area contributed by atoms with E-state index in [-0.39, 0.29) is 57.5 Å². The summed E-state index contributed by atoms with van der Waals surface area (Å²) in [6.45, 7) is 5.44. The quantitative estimate of drug-likeness (QED) is 0.0579. The van der Waals surface area contributed by atoms with Crippen LogP contribution in [0, 0.1) is 0 Å². The first-order valence-corrected chi connectivity index (χ1v) is 17.7. The molecular weight excluding hydrogens is 690 g/mol. The number of nitrogens with two attached hydrogens (primary N) is 1. The van der Waals surface area contributed by atoms with Crippen LogP contribution in [0.4, 0.5) is 10.8 Å². The number of oxime groups is 1. The van der Waals surface area contributed by atoms with Crippen molar-refractivity contribution in [1.82, 2.24) is 40.3 Å². The standard InChI is InChI=1S/C28H33N11O5S3.Na/c1-44-33-20(19-16-46-27(29)30-19)23(40)31-21-24(41)39-22(26(42)43)17(14-45-25(21)39)15-47-28-32-34-35-38(28)9-5-8-36-10-12-37(13-11-36)18-6-3-2-4-7-18;/h2-4,6-7,16,21,25H,5,8-15H2,1H3,(H2,29,30)(H,31,40)(H,42,43);/q;+1/p-1/t21?,25-;/m1./s1. The Morgan fingerprint density at radius 2 is 1.96 bits per heavy atom. The van der Waals surface area contributed by atoms with Gasteiger partial charge in [-0.1, -0.05) is 35.1 Å². The van der Waals surface area contributed by atoms with Crippen molar-refractivity contribution in [3.05, 3.63) is 52.7 Å². The van der Waals surface area contributed by atoms with Crippen LogP contribution in [0.1, 0.15) is 12.1 Å². The van der Waals surface area contributed by atoms with E-state index in [4.69, 9.17) is 10.6 Å². The molecule has 0 spiro atoms. The number of nitrogens with zero attached hydrogens (tertiary/aromatic N) is 9. The van der Waals surface area contributed by atoms with Crippen LogP contribution in [0.15, 0.2) is 57.3 Å². The summed E-state index contributed by atoms with van der Waals surface area (Å²) in [5.74, 6) is -2.16. The Hall–Kier alpha value is -3.20. The number of para-hydroxylation sites is 1. The molecule has 2 amide bonds. The molecule has 0 aliphatic carbocycles.